The molecule has 0 spiro atoms. The van der Waals surface area contributed by atoms with Crippen molar-refractivity contribution in [1.82, 2.24) is 24.5 Å². The predicted octanol–water partition coefficient (Wildman–Crippen LogP) is 4.17. The molecule has 0 unspecified atom stereocenters. The van der Waals surface area contributed by atoms with Crippen molar-refractivity contribution in [1.29, 1.82) is 0 Å². The predicted molar refractivity (Wildman–Crippen MR) is 116 cm³/mol. The van der Waals surface area contributed by atoms with Gasteiger partial charge in [0.15, 0.2) is 11.0 Å². The number of thioether (sulfide) groups is 1. The second-order valence-electron chi connectivity index (χ2n) is 6.14. The lowest BCUT2D eigenvalue weighted by Gasteiger charge is -2.10. The number of carbonyl (C=O) groups excluding carboxylic acids is 1. The Morgan fingerprint density at radius 3 is 2.86 bits per heavy atom. The zero-order valence-electron chi connectivity index (χ0n) is 15.4. The Bertz CT molecular complexity index is 1120. The number of nitrogens with zero attached hydrogens (tertiary/aromatic N) is 5. The van der Waals surface area contributed by atoms with Crippen molar-refractivity contribution in [2.75, 3.05) is 11.1 Å². The van der Waals surface area contributed by atoms with E-state index < -0.39 is 0 Å². The molecule has 1 amide bonds. The molecule has 0 radical (unpaired) electrons. The average Bonchev–Trinajstić information content (AvgIpc) is 3.45. The van der Waals surface area contributed by atoms with E-state index in [9.17, 15) is 4.79 Å². The van der Waals surface area contributed by atoms with Gasteiger partial charge in [-0.3, -0.25) is 4.79 Å². The molecule has 0 atom stereocenters. The molecule has 1 N–H and O–H groups in total. The van der Waals surface area contributed by atoms with Crippen LogP contribution in [0.2, 0.25) is 5.02 Å². The van der Waals surface area contributed by atoms with Gasteiger partial charge in [0.25, 0.3) is 0 Å². The first-order valence-corrected chi connectivity index (χ1v) is 11.0. The van der Waals surface area contributed by atoms with Crippen molar-refractivity contribution in [3.8, 4) is 10.7 Å². The van der Waals surface area contributed by atoms with Crippen LogP contribution < -0.4 is 5.32 Å². The van der Waals surface area contributed by atoms with Gasteiger partial charge < -0.3 is 9.88 Å². The van der Waals surface area contributed by atoms with E-state index in [-0.39, 0.29) is 11.7 Å². The van der Waals surface area contributed by atoms with Crippen LogP contribution in [-0.4, -0.2) is 36.2 Å². The summed E-state index contributed by atoms with van der Waals surface area (Å²) in [5.41, 5.74) is 0.933. The van der Waals surface area contributed by atoms with Gasteiger partial charge in [-0.05, 0) is 23.1 Å². The zero-order chi connectivity index (χ0) is 20.2. The molecular weight excluding hydrogens is 428 g/mol. The van der Waals surface area contributed by atoms with Crippen LogP contribution >= 0.6 is 34.7 Å². The molecule has 0 bridgehead atoms. The van der Waals surface area contributed by atoms with Crippen molar-refractivity contribution < 1.29 is 4.79 Å². The Labute approximate surface area is 180 Å². The van der Waals surface area contributed by atoms with E-state index in [0.29, 0.717) is 22.5 Å². The Balaban J connectivity index is 1.38. The summed E-state index contributed by atoms with van der Waals surface area (Å²) in [5.74, 6) is 1.48. The van der Waals surface area contributed by atoms with Crippen LogP contribution in [0.15, 0.2) is 59.2 Å². The largest absolute Gasteiger partial charge is 0.310 e. The summed E-state index contributed by atoms with van der Waals surface area (Å²) in [5, 5.41) is 18.9. The molecule has 0 saturated heterocycles. The molecule has 0 aliphatic rings. The summed E-state index contributed by atoms with van der Waals surface area (Å²) in [4.78, 5) is 13.5. The Kier molecular flexibility index (Phi) is 5.98. The first-order valence-electron chi connectivity index (χ1n) is 8.73. The van der Waals surface area contributed by atoms with Gasteiger partial charge in [-0.2, -0.15) is 5.10 Å². The van der Waals surface area contributed by atoms with Crippen LogP contribution in [0, 0.1) is 0 Å². The van der Waals surface area contributed by atoms with Crippen LogP contribution in [0.4, 0.5) is 5.82 Å². The molecule has 7 nitrogen and oxygen atoms in total. The summed E-state index contributed by atoms with van der Waals surface area (Å²) in [6, 6.07) is 13.3. The second kappa shape index (κ2) is 8.81. The van der Waals surface area contributed by atoms with Crippen molar-refractivity contribution in [3.63, 3.8) is 0 Å². The van der Waals surface area contributed by atoms with Gasteiger partial charge in [0.2, 0.25) is 5.91 Å². The van der Waals surface area contributed by atoms with Crippen LogP contribution in [0.1, 0.15) is 5.56 Å². The molecule has 0 aliphatic heterocycles. The van der Waals surface area contributed by atoms with E-state index in [2.05, 4.69) is 20.6 Å². The normalized spacial score (nSPS) is 11.0. The Hall–Kier alpha value is -2.62. The van der Waals surface area contributed by atoms with Gasteiger partial charge >= 0.3 is 0 Å². The van der Waals surface area contributed by atoms with E-state index in [1.165, 1.54) is 11.8 Å². The SMILES string of the molecule is Cn1c(SCC(=O)Nc2ccnn2Cc2ccccc2Cl)nnc1-c1cccs1. The fourth-order valence-corrected chi connectivity index (χ4v) is 4.37. The highest BCUT2D eigenvalue weighted by Crippen LogP contribution is 2.26. The summed E-state index contributed by atoms with van der Waals surface area (Å²) in [6.07, 6.45) is 1.65. The minimum Gasteiger partial charge on any atom is -0.310 e. The van der Waals surface area contributed by atoms with Crippen molar-refractivity contribution in [3.05, 3.63) is 64.6 Å². The summed E-state index contributed by atoms with van der Waals surface area (Å²) in [7, 11) is 1.90. The molecule has 4 aromatic rings. The monoisotopic (exact) mass is 444 g/mol. The van der Waals surface area contributed by atoms with E-state index >= 15 is 0 Å². The van der Waals surface area contributed by atoms with Crippen LogP contribution in [0.3, 0.4) is 0 Å². The molecule has 10 heteroatoms. The highest BCUT2D eigenvalue weighted by molar-refractivity contribution is 7.99. The molecule has 0 fully saturated rings. The second-order valence-corrected chi connectivity index (χ2v) is 8.44. The number of thiophene rings is 1. The molecule has 29 heavy (non-hydrogen) atoms. The van der Waals surface area contributed by atoms with E-state index in [4.69, 9.17) is 11.6 Å². The molecule has 0 saturated carbocycles. The van der Waals surface area contributed by atoms with Gasteiger partial charge in [0.1, 0.15) is 5.82 Å². The lowest BCUT2D eigenvalue weighted by molar-refractivity contribution is -0.113. The minimum atomic E-state index is -0.142. The molecular formula is C19H17ClN6OS2. The lowest BCUT2D eigenvalue weighted by Crippen LogP contribution is -2.18. The van der Waals surface area contributed by atoms with Crippen molar-refractivity contribution in [2.24, 2.45) is 7.05 Å². The Morgan fingerprint density at radius 2 is 2.07 bits per heavy atom. The maximum absolute atomic E-state index is 12.4. The number of aromatic nitrogens is 5. The number of amides is 1. The number of benzene rings is 1. The number of halogens is 1. The first kappa shape index (κ1) is 19.7. The third-order valence-electron chi connectivity index (χ3n) is 4.17. The number of carbonyl (C=O) groups is 1. The molecule has 3 aromatic heterocycles. The minimum absolute atomic E-state index is 0.142. The number of rotatable bonds is 7. The molecule has 148 valence electrons. The van der Waals surface area contributed by atoms with Gasteiger partial charge in [0, 0.05) is 18.1 Å². The highest BCUT2D eigenvalue weighted by Gasteiger charge is 2.14. The quantitative estimate of drug-likeness (QED) is 0.433. The maximum atomic E-state index is 12.4. The van der Waals surface area contributed by atoms with Crippen LogP contribution in [-0.2, 0) is 18.4 Å². The summed E-state index contributed by atoms with van der Waals surface area (Å²) >= 11 is 9.17. The average molecular weight is 445 g/mol. The van der Waals surface area contributed by atoms with E-state index in [1.807, 2.05) is 53.4 Å². The van der Waals surface area contributed by atoms with Crippen molar-refractivity contribution >= 4 is 46.4 Å². The standard InChI is InChI=1S/C19H17ClN6OS2/c1-25-18(15-7-4-10-28-15)23-24-19(25)29-12-17(27)22-16-8-9-21-26(16)11-13-5-2-3-6-14(13)20/h2-10H,11-12H2,1H3,(H,22,27). The molecule has 0 aliphatic carbocycles. The Morgan fingerprint density at radius 1 is 1.21 bits per heavy atom. The van der Waals surface area contributed by atoms with E-state index in [0.717, 1.165) is 16.3 Å². The first-order chi connectivity index (χ1) is 14.1. The van der Waals surface area contributed by atoms with Crippen LogP contribution in [0.25, 0.3) is 10.7 Å². The zero-order valence-corrected chi connectivity index (χ0v) is 17.8. The summed E-state index contributed by atoms with van der Waals surface area (Å²) in [6.45, 7) is 0.475. The number of hydrogen-bond donors (Lipinski definition) is 1. The van der Waals surface area contributed by atoms with Crippen molar-refractivity contribution in [2.45, 2.75) is 11.7 Å². The number of nitrogens with one attached hydrogen (secondary N) is 1. The fraction of sp³-hybridized carbons (Fsp3) is 0.158. The van der Waals surface area contributed by atoms with Gasteiger partial charge in [0.05, 0.1) is 23.4 Å². The number of anilines is 1. The smallest absolute Gasteiger partial charge is 0.235 e. The topological polar surface area (TPSA) is 77.6 Å². The van der Waals surface area contributed by atoms with Gasteiger partial charge in [-0.15, -0.1) is 21.5 Å². The van der Waals surface area contributed by atoms with Crippen LogP contribution in [0.5, 0.6) is 0 Å². The molecule has 3 heterocycles. The third kappa shape index (κ3) is 4.52. The summed E-state index contributed by atoms with van der Waals surface area (Å²) < 4.78 is 3.60. The highest BCUT2D eigenvalue weighted by atomic mass is 35.5. The van der Waals surface area contributed by atoms with Gasteiger partial charge in [-0.25, -0.2) is 4.68 Å². The fourth-order valence-electron chi connectivity index (χ4n) is 2.72. The maximum Gasteiger partial charge on any atom is 0.235 e. The van der Waals surface area contributed by atoms with E-state index in [1.54, 1.807) is 28.3 Å². The van der Waals surface area contributed by atoms with Gasteiger partial charge in [-0.1, -0.05) is 47.6 Å². The molecule has 1 aromatic carbocycles. The lowest BCUT2D eigenvalue weighted by atomic mass is 10.2. The third-order valence-corrected chi connectivity index (χ3v) is 6.43. The number of hydrogen-bond acceptors (Lipinski definition) is 6. The molecule has 4 rings (SSSR count).